The van der Waals surface area contributed by atoms with Gasteiger partial charge in [0.15, 0.2) is 0 Å². The van der Waals surface area contributed by atoms with Crippen LogP contribution in [0.4, 0.5) is 5.00 Å². The van der Waals surface area contributed by atoms with Gasteiger partial charge in [-0.15, -0.1) is 11.3 Å². The molecule has 0 radical (unpaired) electrons. The molecule has 0 unspecified atom stereocenters. The number of hydrogen-bond donors (Lipinski definition) is 2. The summed E-state index contributed by atoms with van der Waals surface area (Å²) in [6.45, 7) is 1.84. The standard InChI is InChI=1S/C15H13ClN2O2S/c1-9-8-12(14(17)20)15(21-9)18-13(19)7-4-10-2-5-11(16)6-3-10/h2-8H,1H3,(H2,17,20)(H,18,19)/b7-4+. The lowest BCUT2D eigenvalue weighted by Gasteiger charge is -2.00. The van der Waals surface area contributed by atoms with E-state index in [2.05, 4.69) is 5.32 Å². The second kappa shape index (κ2) is 6.56. The van der Waals surface area contributed by atoms with Gasteiger partial charge in [-0.3, -0.25) is 9.59 Å². The lowest BCUT2D eigenvalue weighted by atomic mass is 10.2. The molecule has 0 saturated heterocycles. The Morgan fingerprint density at radius 2 is 1.95 bits per heavy atom. The molecule has 2 aromatic rings. The number of hydrogen-bond acceptors (Lipinski definition) is 3. The van der Waals surface area contributed by atoms with Crippen molar-refractivity contribution in [3.05, 3.63) is 57.4 Å². The summed E-state index contributed by atoms with van der Waals surface area (Å²) < 4.78 is 0. The van der Waals surface area contributed by atoms with E-state index >= 15 is 0 Å². The van der Waals surface area contributed by atoms with Crippen molar-refractivity contribution in [1.29, 1.82) is 0 Å². The largest absolute Gasteiger partial charge is 0.366 e. The average molecular weight is 321 g/mol. The summed E-state index contributed by atoms with van der Waals surface area (Å²) in [6, 6.07) is 8.75. The lowest BCUT2D eigenvalue weighted by molar-refractivity contribution is -0.111. The zero-order valence-corrected chi connectivity index (χ0v) is 12.8. The smallest absolute Gasteiger partial charge is 0.251 e. The number of halogens is 1. The third-order valence-electron chi connectivity index (χ3n) is 2.65. The van der Waals surface area contributed by atoms with Crippen LogP contribution in [0.1, 0.15) is 20.8 Å². The molecular weight excluding hydrogens is 308 g/mol. The normalized spacial score (nSPS) is 10.8. The van der Waals surface area contributed by atoms with E-state index in [1.165, 1.54) is 17.4 Å². The topological polar surface area (TPSA) is 72.2 Å². The third-order valence-corrected chi connectivity index (χ3v) is 3.87. The van der Waals surface area contributed by atoms with Gasteiger partial charge in [-0.2, -0.15) is 0 Å². The molecule has 1 aromatic heterocycles. The van der Waals surface area contributed by atoms with E-state index in [0.29, 0.717) is 15.6 Å². The zero-order chi connectivity index (χ0) is 15.4. The van der Waals surface area contributed by atoms with Gasteiger partial charge in [0.2, 0.25) is 5.91 Å². The van der Waals surface area contributed by atoms with E-state index in [-0.39, 0.29) is 5.91 Å². The molecule has 1 aromatic carbocycles. The van der Waals surface area contributed by atoms with Crippen LogP contribution in [0.2, 0.25) is 5.02 Å². The van der Waals surface area contributed by atoms with Crippen molar-refractivity contribution in [3.8, 4) is 0 Å². The molecule has 21 heavy (non-hydrogen) atoms. The molecule has 0 aliphatic carbocycles. The molecule has 1 heterocycles. The van der Waals surface area contributed by atoms with Crippen molar-refractivity contribution < 1.29 is 9.59 Å². The van der Waals surface area contributed by atoms with Crippen LogP contribution >= 0.6 is 22.9 Å². The number of amides is 2. The van der Waals surface area contributed by atoms with Crippen molar-refractivity contribution >= 4 is 45.8 Å². The van der Waals surface area contributed by atoms with Crippen LogP contribution in [0.15, 0.2) is 36.4 Å². The van der Waals surface area contributed by atoms with Crippen LogP contribution < -0.4 is 11.1 Å². The monoisotopic (exact) mass is 320 g/mol. The number of carbonyl (C=O) groups is 2. The maximum Gasteiger partial charge on any atom is 0.251 e. The van der Waals surface area contributed by atoms with Crippen LogP contribution in [0.5, 0.6) is 0 Å². The Morgan fingerprint density at radius 1 is 1.29 bits per heavy atom. The predicted molar refractivity (Wildman–Crippen MR) is 86.7 cm³/mol. The first-order valence-electron chi connectivity index (χ1n) is 6.10. The Bertz CT molecular complexity index is 705. The Balaban J connectivity index is 2.08. The SMILES string of the molecule is Cc1cc(C(N)=O)c(NC(=O)/C=C/c2ccc(Cl)cc2)s1. The summed E-state index contributed by atoms with van der Waals surface area (Å²) in [7, 11) is 0. The first-order chi connectivity index (χ1) is 9.95. The van der Waals surface area contributed by atoms with Crippen LogP contribution in [0, 0.1) is 6.92 Å². The van der Waals surface area contributed by atoms with Crippen LogP contribution in [0.25, 0.3) is 6.08 Å². The Morgan fingerprint density at radius 3 is 2.57 bits per heavy atom. The van der Waals surface area contributed by atoms with E-state index in [1.807, 2.05) is 6.92 Å². The number of nitrogens with one attached hydrogen (secondary N) is 1. The van der Waals surface area contributed by atoms with Gasteiger partial charge < -0.3 is 11.1 Å². The summed E-state index contributed by atoms with van der Waals surface area (Å²) in [5.74, 6) is -0.884. The minimum atomic E-state index is -0.559. The molecule has 0 atom stereocenters. The molecule has 0 aliphatic heterocycles. The Labute approximate surface area is 131 Å². The van der Waals surface area contributed by atoms with Gasteiger partial charge >= 0.3 is 0 Å². The minimum Gasteiger partial charge on any atom is -0.366 e. The molecule has 0 bridgehead atoms. The summed E-state index contributed by atoms with van der Waals surface area (Å²) in [4.78, 5) is 24.0. The fourth-order valence-corrected chi connectivity index (χ4v) is 2.74. The number of aryl methyl sites for hydroxylation is 1. The first kappa shape index (κ1) is 15.3. The fraction of sp³-hybridized carbons (Fsp3) is 0.0667. The van der Waals surface area contributed by atoms with Gasteiger partial charge in [0.05, 0.1) is 5.56 Å². The van der Waals surface area contributed by atoms with Crippen LogP contribution in [-0.4, -0.2) is 11.8 Å². The predicted octanol–water partition coefficient (Wildman–Crippen LogP) is 3.46. The summed E-state index contributed by atoms with van der Waals surface area (Å²) in [5, 5.41) is 3.76. The van der Waals surface area contributed by atoms with Crippen LogP contribution in [0.3, 0.4) is 0 Å². The molecule has 3 N–H and O–H groups in total. The quantitative estimate of drug-likeness (QED) is 0.847. The van der Waals surface area contributed by atoms with E-state index < -0.39 is 5.91 Å². The fourth-order valence-electron chi connectivity index (χ4n) is 1.69. The van der Waals surface area contributed by atoms with E-state index in [4.69, 9.17) is 17.3 Å². The second-order valence-electron chi connectivity index (χ2n) is 4.34. The van der Waals surface area contributed by atoms with Crippen molar-refractivity contribution in [1.82, 2.24) is 0 Å². The van der Waals surface area contributed by atoms with Gasteiger partial charge in [0.25, 0.3) is 5.91 Å². The maximum atomic E-state index is 11.9. The number of carbonyl (C=O) groups excluding carboxylic acids is 2. The van der Waals surface area contributed by atoms with Gasteiger partial charge in [0, 0.05) is 16.0 Å². The molecule has 6 heteroatoms. The van der Waals surface area contributed by atoms with Gasteiger partial charge in [-0.25, -0.2) is 0 Å². The first-order valence-corrected chi connectivity index (χ1v) is 7.30. The molecule has 0 saturated carbocycles. The maximum absolute atomic E-state index is 11.9. The molecular formula is C15H13ClN2O2S. The summed E-state index contributed by atoms with van der Waals surface area (Å²) in [5.41, 5.74) is 6.45. The molecule has 0 aliphatic rings. The summed E-state index contributed by atoms with van der Waals surface area (Å²) >= 11 is 7.10. The van der Waals surface area contributed by atoms with E-state index in [9.17, 15) is 9.59 Å². The van der Waals surface area contributed by atoms with E-state index in [1.54, 1.807) is 36.4 Å². The second-order valence-corrected chi connectivity index (χ2v) is 6.03. The summed E-state index contributed by atoms with van der Waals surface area (Å²) in [6.07, 6.45) is 3.05. The number of benzene rings is 1. The minimum absolute atomic E-state index is 0.325. The van der Waals surface area contributed by atoms with Crippen molar-refractivity contribution in [2.75, 3.05) is 5.32 Å². The lowest BCUT2D eigenvalue weighted by Crippen LogP contribution is -2.14. The highest BCUT2D eigenvalue weighted by Gasteiger charge is 2.13. The molecule has 2 rings (SSSR count). The molecule has 0 fully saturated rings. The molecule has 108 valence electrons. The molecule has 2 amide bonds. The molecule has 0 spiro atoms. The van der Waals surface area contributed by atoms with Gasteiger partial charge in [-0.05, 0) is 36.8 Å². The van der Waals surface area contributed by atoms with E-state index in [0.717, 1.165) is 10.4 Å². The Kier molecular flexibility index (Phi) is 4.77. The number of rotatable bonds is 4. The number of thiophene rings is 1. The highest BCUT2D eigenvalue weighted by atomic mass is 35.5. The van der Waals surface area contributed by atoms with Gasteiger partial charge in [0.1, 0.15) is 5.00 Å². The third kappa shape index (κ3) is 4.18. The number of primary amides is 1. The van der Waals surface area contributed by atoms with Crippen molar-refractivity contribution in [2.24, 2.45) is 5.73 Å². The number of anilines is 1. The molecule has 4 nitrogen and oxygen atoms in total. The zero-order valence-electron chi connectivity index (χ0n) is 11.2. The Hall–Kier alpha value is -2.11. The average Bonchev–Trinajstić information content (AvgIpc) is 2.79. The van der Waals surface area contributed by atoms with Crippen molar-refractivity contribution in [2.45, 2.75) is 6.92 Å². The van der Waals surface area contributed by atoms with Gasteiger partial charge in [-0.1, -0.05) is 23.7 Å². The highest BCUT2D eigenvalue weighted by molar-refractivity contribution is 7.16. The highest BCUT2D eigenvalue weighted by Crippen LogP contribution is 2.27. The number of nitrogens with two attached hydrogens (primary N) is 1. The van der Waals surface area contributed by atoms with Crippen molar-refractivity contribution in [3.63, 3.8) is 0 Å². The van der Waals surface area contributed by atoms with Crippen LogP contribution in [-0.2, 0) is 4.79 Å².